The molecule has 0 amide bonds. The van der Waals surface area contributed by atoms with Crippen LogP contribution >= 0.6 is 0 Å². The number of nitrogens with one attached hydrogen (secondary N) is 1. The molecule has 0 saturated heterocycles. The van der Waals surface area contributed by atoms with Crippen LogP contribution in [-0.4, -0.2) is 9.97 Å². The average molecular weight is 397 g/mol. The first-order valence-corrected chi connectivity index (χ1v) is 4.12. The Morgan fingerprint density at radius 1 is 1.46 bits per heavy atom. The molecule has 1 aromatic heterocycles. The fraction of sp³-hybridized carbons (Fsp3) is 0.300. The Morgan fingerprint density at radius 3 is 2.92 bits per heavy atom. The van der Waals surface area contributed by atoms with Gasteiger partial charge in [-0.05, 0) is 17.0 Å². The molecular weight excluding hydrogens is 386 g/mol. The molecule has 0 spiro atoms. The predicted octanol–water partition coefficient (Wildman–Crippen LogP) is 2.49. The SMILES string of the molecule is CC(C)c1cc[c-]c2[nH]cnc12.[U]. The van der Waals surface area contributed by atoms with Crippen LogP contribution in [0.5, 0.6) is 0 Å². The second-order valence-corrected chi connectivity index (χ2v) is 3.21. The van der Waals surface area contributed by atoms with Crippen molar-refractivity contribution in [3.8, 4) is 0 Å². The molecule has 1 N–H and O–H groups in total. The minimum Gasteiger partial charge on any atom is -0.368 e. The summed E-state index contributed by atoms with van der Waals surface area (Å²) in [5.74, 6) is 0.519. The maximum atomic E-state index is 4.25. The first kappa shape index (κ1) is 10.8. The van der Waals surface area contributed by atoms with Gasteiger partial charge in [-0.25, -0.2) is 0 Å². The van der Waals surface area contributed by atoms with Crippen LogP contribution in [0, 0.1) is 37.2 Å². The minimum atomic E-state index is 0. The number of fused-ring (bicyclic) bond motifs is 1. The van der Waals surface area contributed by atoms with E-state index in [9.17, 15) is 0 Å². The quantitative estimate of drug-likeness (QED) is 0.737. The molecule has 1 heterocycles. The van der Waals surface area contributed by atoms with Crippen molar-refractivity contribution < 1.29 is 31.1 Å². The minimum absolute atomic E-state index is 0. The monoisotopic (exact) mass is 397 g/mol. The molecule has 2 nitrogen and oxygen atoms in total. The molecular formula is C10H11N2U-. The Labute approximate surface area is 102 Å². The van der Waals surface area contributed by atoms with Gasteiger partial charge in [0.25, 0.3) is 0 Å². The number of rotatable bonds is 1. The van der Waals surface area contributed by atoms with E-state index >= 15 is 0 Å². The molecule has 0 bridgehead atoms. The van der Waals surface area contributed by atoms with Gasteiger partial charge in [-0.15, -0.1) is 5.56 Å². The summed E-state index contributed by atoms with van der Waals surface area (Å²) >= 11 is 0. The molecule has 2 rings (SSSR count). The molecule has 0 saturated carbocycles. The van der Waals surface area contributed by atoms with Crippen LogP contribution in [0.25, 0.3) is 11.0 Å². The van der Waals surface area contributed by atoms with E-state index in [1.165, 1.54) is 5.56 Å². The van der Waals surface area contributed by atoms with E-state index < -0.39 is 0 Å². The molecule has 66 valence electrons. The van der Waals surface area contributed by atoms with Gasteiger partial charge in [0.1, 0.15) is 0 Å². The van der Waals surface area contributed by atoms with Crippen LogP contribution in [0.1, 0.15) is 25.3 Å². The molecule has 0 aliphatic carbocycles. The summed E-state index contributed by atoms with van der Waals surface area (Å²) in [6.45, 7) is 4.34. The Bertz CT molecular complexity index is 392. The fourth-order valence-corrected chi connectivity index (χ4v) is 1.38. The van der Waals surface area contributed by atoms with E-state index in [4.69, 9.17) is 0 Å². The number of aromatic amines is 1. The fourth-order valence-electron chi connectivity index (χ4n) is 1.38. The third-order valence-electron chi connectivity index (χ3n) is 2.03. The molecule has 0 atom stereocenters. The van der Waals surface area contributed by atoms with Crippen LogP contribution in [0.4, 0.5) is 0 Å². The molecule has 0 radical (unpaired) electrons. The van der Waals surface area contributed by atoms with Gasteiger partial charge in [0.05, 0.1) is 6.33 Å². The molecule has 1 aromatic carbocycles. The summed E-state index contributed by atoms with van der Waals surface area (Å²) in [4.78, 5) is 7.30. The van der Waals surface area contributed by atoms with E-state index in [0.717, 1.165) is 11.0 Å². The van der Waals surface area contributed by atoms with Gasteiger partial charge in [-0.1, -0.05) is 13.8 Å². The summed E-state index contributed by atoms with van der Waals surface area (Å²) in [5, 5.41) is 0. The third kappa shape index (κ3) is 1.98. The average Bonchev–Trinajstić information content (AvgIpc) is 2.49. The molecule has 0 fully saturated rings. The molecule has 0 aliphatic rings. The van der Waals surface area contributed by atoms with Crippen LogP contribution < -0.4 is 0 Å². The van der Waals surface area contributed by atoms with Crippen molar-refractivity contribution in [3.63, 3.8) is 0 Å². The topological polar surface area (TPSA) is 28.7 Å². The van der Waals surface area contributed by atoms with Crippen LogP contribution in [0.15, 0.2) is 18.5 Å². The summed E-state index contributed by atoms with van der Waals surface area (Å²) in [5.41, 5.74) is 3.33. The van der Waals surface area contributed by atoms with Crippen molar-refractivity contribution in [1.29, 1.82) is 0 Å². The number of hydrogen-bond donors (Lipinski definition) is 1. The third-order valence-corrected chi connectivity index (χ3v) is 2.03. The molecule has 0 aliphatic heterocycles. The first-order chi connectivity index (χ1) is 5.79. The number of hydrogen-bond acceptors (Lipinski definition) is 1. The van der Waals surface area contributed by atoms with Gasteiger partial charge in [-0.2, -0.15) is 18.2 Å². The van der Waals surface area contributed by atoms with Crippen molar-refractivity contribution in [1.82, 2.24) is 9.97 Å². The van der Waals surface area contributed by atoms with Crippen LogP contribution in [0.3, 0.4) is 0 Å². The summed E-state index contributed by atoms with van der Waals surface area (Å²) in [7, 11) is 0. The second-order valence-electron chi connectivity index (χ2n) is 3.21. The Morgan fingerprint density at radius 2 is 2.23 bits per heavy atom. The van der Waals surface area contributed by atoms with E-state index in [-0.39, 0.29) is 31.1 Å². The van der Waals surface area contributed by atoms with Crippen molar-refractivity contribution in [2.24, 2.45) is 0 Å². The molecule has 0 unspecified atom stereocenters. The number of imidazole rings is 1. The summed E-state index contributed by atoms with van der Waals surface area (Å²) in [6.07, 6.45) is 1.72. The van der Waals surface area contributed by atoms with Crippen molar-refractivity contribution >= 4 is 11.0 Å². The molecule has 2 aromatic rings. The van der Waals surface area contributed by atoms with Gasteiger partial charge in [0.15, 0.2) is 0 Å². The van der Waals surface area contributed by atoms with Crippen molar-refractivity contribution in [2.45, 2.75) is 19.8 Å². The van der Waals surface area contributed by atoms with Crippen LogP contribution in [0.2, 0.25) is 0 Å². The van der Waals surface area contributed by atoms with E-state index in [0.29, 0.717) is 5.92 Å². The zero-order valence-electron chi connectivity index (χ0n) is 7.76. The number of benzene rings is 1. The predicted molar refractivity (Wildman–Crippen MR) is 49.0 cm³/mol. The summed E-state index contributed by atoms with van der Waals surface area (Å²) in [6, 6.07) is 7.13. The van der Waals surface area contributed by atoms with Crippen molar-refractivity contribution in [2.75, 3.05) is 0 Å². The number of nitrogens with zero attached hydrogens (tertiary/aromatic N) is 1. The van der Waals surface area contributed by atoms with Gasteiger partial charge in [0.2, 0.25) is 0 Å². The van der Waals surface area contributed by atoms with E-state index in [2.05, 4.69) is 35.9 Å². The van der Waals surface area contributed by atoms with E-state index in [1.807, 2.05) is 6.07 Å². The van der Waals surface area contributed by atoms with Gasteiger partial charge >= 0.3 is 0 Å². The largest absolute Gasteiger partial charge is 0.368 e. The van der Waals surface area contributed by atoms with Gasteiger partial charge < -0.3 is 9.97 Å². The van der Waals surface area contributed by atoms with Crippen LogP contribution in [-0.2, 0) is 0 Å². The van der Waals surface area contributed by atoms with Gasteiger partial charge in [-0.3, -0.25) is 0 Å². The number of aromatic nitrogens is 2. The Balaban J connectivity index is 0.000000845. The molecule has 13 heavy (non-hydrogen) atoms. The zero-order valence-corrected chi connectivity index (χ0v) is 11.9. The number of H-pyrrole nitrogens is 1. The maximum absolute atomic E-state index is 4.25. The Hall–Kier alpha value is -0.258. The van der Waals surface area contributed by atoms with Crippen molar-refractivity contribution in [3.05, 3.63) is 30.1 Å². The standard InChI is InChI=1S/C10H11N2.U/c1-7(2)8-4-3-5-9-10(8)12-6-11-9;/h3-4,6-7H,1-2H3,(H,11,12);/q-1;. The van der Waals surface area contributed by atoms with E-state index in [1.54, 1.807) is 6.33 Å². The summed E-state index contributed by atoms with van der Waals surface area (Å²) < 4.78 is 0. The Kier molecular flexibility index (Phi) is 3.58. The zero-order chi connectivity index (χ0) is 8.55. The first-order valence-electron chi connectivity index (χ1n) is 4.12. The van der Waals surface area contributed by atoms with Gasteiger partial charge in [0, 0.05) is 31.1 Å². The smallest absolute Gasteiger partial charge is 0.0772 e. The molecule has 3 heteroatoms. The second kappa shape index (κ2) is 4.30. The normalized spacial score (nSPS) is 10.4. The maximum Gasteiger partial charge on any atom is 0.0772 e.